The van der Waals surface area contributed by atoms with Gasteiger partial charge in [0.25, 0.3) is 5.91 Å². The van der Waals surface area contributed by atoms with E-state index in [1.165, 1.54) is 0 Å². The maximum atomic E-state index is 12.6. The van der Waals surface area contributed by atoms with Crippen molar-refractivity contribution in [3.05, 3.63) is 71.7 Å². The van der Waals surface area contributed by atoms with E-state index < -0.39 is 0 Å². The monoisotopic (exact) mass is 362 g/mol. The zero-order chi connectivity index (χ0) is 19.2. The van der Waals surface area contributed by atoms with E-state index in [4.69, 9.17) is 4.74 Å². The highest BCUT2D eigenvalue weighted by Gasteiger charge is 2.12. The average Bonchev–Trinajstić information content (AvgIpc) is 2.65. The molecular formula is C21H22N4O2. The third-order valence-corrected chi connectivity index (χ3v) is 3.90. The number of amides is 1. The number of hydrogen-bond acceptors (Lipinski definition) is 5. The normalized spacial score (nSPS) is 10.3. The van der Waals surface area contributed by atoms with Gasteiger partial charge in [0.2, 0.25) is 0 Å². The summed E-state index contributed by atoms with van der Waals surface area (Å²) in [5.41, 5.74) is 2.91. The number of ether oxygens (including phenoxy) is 1. The first-order valence-electron chi connectivity index (χ1n) is 8.77. The van der Waals surface area contributed by atoms with Crippen LogP contribution in [0.15, 0.2) is 54.6 Å². The van der Waals surface area contributed by atoms with Crippen LogP contribution in [0.1, 0.15) is 28.8 Å². The van der Waals surface area contributed by atoms with Crippen molar-refractivity contribution in [1.29, 1.82) is 0 Å². The van der Waals surface area contributed by atoms with Gasteiger partial charge in [0.1, 0.15) is 23.1 Å². The second kappa shape index (κ2) is 8.31. The first kappa shape index (κ1) is 18.4. The van der Waals surface area contributed by atoms with Gasteiger partial charge < -0.3 is 15.4 Å². The summed E-state index contributed by atoms with van der Waals surface area (Å²) >= 11 is 0. The van der Waals surface area contributed by atoms with Crippen molar-refractivity contribution in [3.8, 4) is 5.75 Å². The van der Waals surface area contributed by atoms with Gasteiger partial charge in [-0.3, -0.25) is 4.79 Å². The van der Waals surface area contributed by atoms with E-state index in [2.05, 4.69) is 20.6 Å². The summed E-state index contributed by atoms with van der Waals surface area (Å²) in [6, 6.07) is 16.8. The van der Waals surface area contributed by atoms with Crippen LogP contribution >= 0.6 is 0 Å². The number of nitrogens with one attached hydrogen (secondary N) is 2. The minimum atomic E-state index is -0.274. The molecule has 3 rings (SSSR count). The Hall–Kier alpha value is -3.41. The summed E-state index contributed by atoms with van der Waals surface area (Å²) in [5, 5.41) is 6.09. The van der Waals surface area contributed by atoms with Gasteiger partial charge in [-0.25, -0.2) is 9.97 Å². The van der Waals surface area contributed by atoms with Crippen molar-refractivity contribution in [2.24, 2.45) is 0 Å². The Morgan fingerprint density at radius 2 is 1.78 bits per heavy atom. The number of aromatic nitrogens is 2. The number of aryl methyl sites for hydroxylation is 2. The molecule has 0 saturated carbocycles. The Kier molecular flexibility index (Phi) is 5.66. The van der Waals surface area contributed by atoms with Crippen LogP contribution < -0.4 is 15.4 Å². The number of anilines is 3. The van der Waals surface area contributed by atoms with Crippen LogP contribution in [0.5, 0.6) is 5.75 Å². The maximum absolute atomic E-state index is 12.6. The lowest BCUT2D eigenvalue weighted by Gasteiger charge is -2.11. The molecular weight excluding hydrogens is 340 g/mol. The number of carbonyl (C=O) groups is 1. The minimum Gasteiger partial charge on any atom is -0.494 e. The van der Waals surface area contributed by atoms with Crippen LogP contribution in [-0.4, -0.2) is 22.5 Å². The van der Waals surface area contributed by atoms with Crippen molar-refractivity contribution in [3.63, 3.8) is 0 Å². The lowest BCUT2D eigenvalue weighted by atomic mass is 10.2. The fourth-order valence-corrected chi connectivity index (χ4v) is 2.60. The van der Waals surface area contributed by atoms with Crippen LogP contribution in [0.2, 0.25) is 0 Å². The molecule has 0 radical (unpaired) electrons. The second-order valence-electron chi connectivity index (χ2n) is 6.04. The van der Waals surface area contributed by atoms with Crippen LogP contribution in [-0.2, 0) is 0 Å². The van der Waals surface area contributed by atoms with Gasteiger partial charge in [-0.05, 0) is 56.7 Å². The lowest BCUT2D eigenvalue weighted by Crippen LogP contribution is -2.16. The van der Waals surface area contributed by atoms with Gasteiger partial charge in [-0.2, -0.15) is 0 Å². The highest BCUT2D eigenvalue weighted by Crippen LogP contribution is 2.20. The summed E-state index contributed by atoms with van der Waals surface area (Å²) in [5.74, 6) is 1.60. The van der Waals surface area contributed by atoms with E-state index in [1.807, 2.05) is 62.4 Å². The predicted octanol–water partition coefficient (Wildman–Crippen LogP) is 4.49. The SMILES string of the molecule is CCOc1ccc(Nc2cc(C(=O)Nc3ccccc3C)nc(C)n2)cc1. The van der Waals surface area contributed by atoms with Crippen molar-refractivity contribution >= 4 is 23.1 Å². The Labute approximate surface area is 158 Å². The molecule has 0 bridgehead atoms. The molecule has 0 aliphatic rings. The highest BCUT2D eigenvalue weighted by molar-refractivity contribution is 6.03. The largest absolute Gasteiger partial charge is 0.494 e. The van der Waals surface area contributed by atoms with E-state index in [9.17, 15) is 4.79 Å². The topological polar surface area (TPSA) is 76.1 Å². The van der Waals surface area contributed by atoms with Gasteiger partial charge in [-0.1, -0.05) is 18.2 Å². The van der Waals surface area contributed by atoms with E-state index in [0.717, 1.165) is 22.7 Å². The van der Waals surface area contributed by atoms with Crippen molar-refractivity contribution in [2.75, 3.05) is 17.2 Å². The molecule has 2 N–H and O–H groups in total. The van der Waals surface area contributed by atoms with Gasteiger partial charge in [0.15, 0.2) is 0 Å². The molecule has 0 unspecified atom stereocenters. The summed E-state index contributed by atoms with van der Waals surface area (Å²) in [4.78, 5) is 21.2. The third kappa shape index (κ3) is 4.82. The summed E-state index contributed by atoms with van der Waals surface area (Å²) < 4.78 is 5.44. The van der Waals surface area contributed by atoms with Crippen molar-refractivity contribution in [1.82, 2.24) is 9.97 Å². The molecule has 0 spiro atoms. The van der Waals surface area contributed by atoms with Gasteiger partial charge in [0.05, 0.1) is 6.61 Å². The molecule has 0 fully saturated rings. The van der Waals surface area contributed by atoms with Crippen LogP contribution in [0.25, 0.3) is 0 Å². The van der Waals surface area contributed by atoms with E-state index >= 15 is 0 Å². The Balaban J connectivity index is 1.77. The third-order valence-electron chi connectivity index (χ3n) is 3.90. The molecule has 1 amide bonds. The predicted molar refractivity (Wildman–Crippen MR) is 107 cm³/mol. The summed E-state index contributed by atoms with van der Waals surface area (Å²) in [6.07, 6.45) is 0. The maximum Gasteiger partial charge on any atom is 0.274 e. The Bertz CT molecular complexity index is 939. The molecule has 0 saturated heterocycles. The average molecular weight is 362 g/mol. The molecule has 27 heavy (non-hydrogen) atoms. The minimum absolute atomic E-state index is 0.274. The Morgan fingerprint density at radius 1 is 1.04 bits per heavy atom. The molecule has 2 aromatic carbocycles. The van der Waals surface area contributed by atoms with Gasteiger partial charge >= 0.3 is 0 Å². The molecule has 0 atom stereocenters. The van der Waals surface area contributed by atoms with Gasteiger partial charge in [0, 0.05) is 17.4 Å². The summed E-state index contributed by atoms with van der Waals surface area (Å²) in [6.45, 7) is 6.27. The number of rotatable bonds is 6. The molecule has 138 valence electrons. The quantitative estimate of drug-likeness (QED) is 0.676. The van der Waals surface area contributed by atoms with E-state index in [0.29, 0.717) is 23.9 Å². The van der Waals surface area contributed by atoms with E-state index in [-0.39, 0.29) is 5.91 Å². The van der Waals surface area contributed by atoms with Crippen LogP contribution in [0, 0.1) is 13.8 Å². The number of benzene rings is 2. The highest BCUT2D eigenvalue weighted by atomic mass is 16.5. The number of hydrogen-bond donors (Lipinski definition) is 2. The fourth-order valence-electron chi connectivity index (χ4n) is 2.60. The molecule has 1 aromatic heterocycles. The number of carbonyl (C=O) groups excluding carboxylic acids is 1. The molecule has 6 nitrogen and oxygen atoms in total. The smallest absolute Gasteiger partial charge is 0.274 e. The first-order chi connectivity index (χ1) is 13.0. The zero-order valence-electron chi connectivity index (χ0n) is 15.6. The molecule has 3 aromatic rings. The van der Waals surface area contributed by atoms with Crippen LogP contribution in [0.4, 0.5) is 17.2 Å². The second-order valence-corrected chi connectivity index (χ2v) is 6.04. The zero-order valence-corrected chi connectivity index (χ0v) is 15.6. The molecule has 1 heterocycles. The van der Waals surface area contributed by atoms with Crippen molar-refractivity contribution < 1.29 is 9.53 Å². The first-order valence-corrected chi connectivity index (χ1v) is 8.77. The van der Waals surface area contributed by atoms with Crippen LogP contribution in [0.3, 0.4) is 0 Å². The number of para-hydroxylation sites is 1. The molecule has 0 aliphatic heterocycles. The molecule has 6 heteroatoms. The molecule has 0 aliphatic carbocycles. The number of nitrogens with zero attached hydrogens (tertiary/aromatic N) is 2. The summed E-state index contributed by atoms with van der Waals surface area (Å²) in [7, 11) is 0. The fraction of sp³-hybridized carbons (Fsp3) is 0.190. The standard InChI is InChI=1S/C21H22N4O2/c1-4-27-17-11-9-16(10-12-17)24-20-13-19(22-15(3)23-20)21(26)25-18-8-6-5-7-14(18)2/h5-13H,4H2,1-3H3,(H,25,26)(H,22,23,24). The van der Waals surface area contributed by atoms with Crippen molar-refractivity contribution in [2.45, 2.75) is 20.8 Å². The Morgan fingerprint density at radius 3 is 2.48 bits per heavy atom. The van der Waals surface area contributed by atoms with Gasteiger partial charge in [-0.15, -0.1) is 0 Å². The van der Waals surface area contributed by atoms with E-state index in [1.54, 1.807) is 13.0 Å². The lowest BCUT2D eigenvalue weighted by molar-refractivity contribution is 0.102.